The van der Waals surface area contributed by atoms with E-state index in [1.54, 1.807) is 6.07 Å². The summed E-state index contributed by atoms with van der Waals surface area (Å²) in [6.45, 7) is 0. The van der Waals surface area contributed by atoms with Crippen molar-refractivity contribution >= 4 is 10.9 Å². The molecule has 2 aromatic rings. The minimum absolute atomic E-state index is 0.141. The lowest BCUT2D eigenvalue weighted by atomic mass is 10.2. The van der Waals surface area contributed by atoms with Crippen molar-refractivity contribution < 1.29 is 4.39 Å². The highest BCUT2D eigenvalue weighted by atomic mass is 19.1. The minimum atomic E-state index is -0.161. The molecule has 17 heavy (non-hydrogen) atoms. The Morgan fingerprint density at radius 3 is 2.65 bits per heavy atom. The minimum Gasteiger partial charge on any atom is -0.340 e. The first-order valence-corrected chi connectivity index (χ1v) is 6.27. The molecule has 0 atom stereocenters. The molecule has 0 saturated heterocycles. The molecule has 0 amide bonds. The molecule has 2 nitrogen and oxygen atoms in total. The standard InChI is InChI=1S/C14H15FN2/c15-10-2-1-9-7-13(14(16)5-6-14)17(11-3-4-11)12(9)8-10/h1-2,7-8,11H,3-6,16H2. The summed E-state index contributed by atoms with van der Waals surface area (Å²) in [6.07, 6.45) is 4.50. The zero-order valence-corrected chi connectivity index (χ0v) is 9.62. The van der Waals surface area contributed by atoms with Crippen LogP contribution in [0.3, 0.4) is 0 Å². The van der Waals surface area contributed by atoms with Gasteiger partial charge >= 0.3 is 0 Å². The van der Waals surface area contributed by atoms with Crippen molar-refractivity contribution in [3.63, 3.8) is 0 Å². The van der Waals surface area contributed by atoms with Gasteiger partial charge in [0.05, 0.1) is 11.1 Å². The topological polar surface area (TPSA) is 30.9 Å². The monoisotopic (exact) mass is 230 g/mol. The maximum Gasteiger partial charge on any atom is 0.125 e. The van der Waals surface area contributed by atoms with E-state index in [1.165, 1.54) is 24.6 Å². The SMILES string of the molecule is NC1(c2cc3ccc(F)cc3n2C2CC2)CC1. The van der Waals surface area contributed by atoms with E-state index < -0.39 is 0 Å². The number of aromatic nitrogens is 1. The van der Waals surface area contributed by atoms with Crippen LogP contribution in [0, 0.1) is 5.82 Å². The fourth-order valence-electron chi connectivity index (χ4n) is 2.69. The van der Waals surface area contributed by atoms with E-state index in [1.807, 2.05) is 6.07 Å². The molecule has 0 aliphatic heterocycles. The zero-order chi connectivity index (χ0) is 11.6. The van der Waals surface area contributed by atoms with E-state index in [2.05, 4.69) is 10.6 Å². The summed E-state index contributed by atoms with van der Waals surface area (Å²) >= 11 is 0. The fraction of sp³-hybridized carbons (Fsp3) is 0.429. The van der Waals surface area contributed by atoms with Gasteiger partial charge < -0.3 is 10.3 Å². The fourth-order valence-corrected chi connectivity index (χ4v) is 2.69. The largest absolute Gasteiger partial charge is 0.340 e. The molecular weight excluding hydrogens is 215 g/mol. The molecule has 2 N–H and O–H groups in total. The van der Waals surface area contributed by atoms with E-state index in [4.69, 9.17) is 5.73 Å². The Morgan fingerprint density at radius 2 is 2.00 bits per heavy atom. The number of hydrogen-bond acceptors (Lipinski definition) is 1. The van der Waals surface area contributed by atoms with Crippen LogP contribution in [0.15, 0.2) is 24.3 Å². The normalized spacial score (nSPS) is 22.0. The summed E-state index contributed by atoms with van der Waals surface area (Å²) in [5, 5.41) is 1.12. The van der Waals surface area contributed by atoms with Crippen LogP contribution in [0.5, 0.6) is 0 Å². The Bertz CT molecular complexity index is 606. The summed E-state index contributed by atoms with van der Waals surface area (Å²) in [6, 6.07) is 7.73. The molecule has 0 spiro atoms. The van der Waals surface area contributed by atoms with E-state index in [0.717, 1.165) is 23.7 Å². The van der Waals surface area contributed by atoms with Crippen molar-refractivity contribution in [1.82, 2.24) is 4.57 Å². The van der Waals surface area contributed by atoms with Crippen molar-refractivity contribution in [3.05, 3.63) is 35.8 Å². The molecule has 2 aliphatic carbocycles. The zero-order valence-electron chi connectivity index (χ0n) is 9.62. The van der Waals surface area contributed by atoms with Crippen LogP contribution in [0.4, 0.5) is 4.39 Å². The van der Waals surface area contributed by atoms with Crippen molar-refractivity contribution in [3.8, 4) is 0 Å². The third-order valence-corrected chi connectivity index (χ3v) is 4.01. The second-order valence-electron chi connectivity index (χ2n) is 5.49. The van der Waals surface area contributed by atoms with Crippen molar-refractivity contribution in [1.29, 1.82) is 0 Å². The van der Waals surface area contributed by atoms with Crippen LogP contribution in [-0.2, 0) is 5.54 Å². The van der Waals surface area contributed by atoms with E-state index in [0.29, 0.717) is 6.04 Å². The van der Waals surface area contributed by atoms with Gasteiger partial charge in [-0.1, -0.05) is 0 Å². The van der Waals surface area contributed by atoms with E-state index in [-0.39, 0.29) is 11.4 Å². The molecule has 2 saturated carbocycles. The molecule has 2 aliphatic rings. The lowest BCUT2D eigenvalue weighted by molar-refractivity contribution is 0.613. The predicted octanol–water partition coefficient (Wildman–Crippen LogP) is 3.06. The molecule has 0 unspecified atom stereocenters. The van der Waals surface area contributed by atoms with Gasteiger partial charge in [0, 0.05) is 17.1 Å². The van der Waals surface area contributed by atoms with Gasteiger partial charge in [0.2, 0.25) is 0 Å². The average Bonchev–Trinajstić information content (AvgIpc) is 3.21. The molecular formula is C14H15FN2. The van der Waals surface area contributed by atoms with Gasteiger partial charge in [0.15, 0.2) is 0 Å². The Morgan fingerprint density at radius 1 is 1.24 bits per heavy atom. The van der Waals surface area contributed by atoms with Crippen molar-refractivity contribution in [2.24, 2.45) is 5.73 Å². The van der Waals surface area contributed by atoms with Gasteiger partial charge in [0.1, 0.15) is 5.82 Å². The number of rotatable bonds is 2. The average molecular weight is 230 g/mol. The first kappa shape index (κ1) is 9.66. The third-order valence-electron chi connectivity index (χ3n) is 4.01. The van der Waals surface area contributed by atoms with Crippen LogP contribution in [0.25, 0.3) is 10.9 Å². The molecule has 0 bridgehead atoms. The number of nitrogens with zero attached hydrogens (tertiary/aromatic N) is 1. The van der Waals surface area contributed by atoms with Crippen molar-refractivity contribution in [2.45, 2.75) is 37.3 Å². The smallest absolute Gasteiger partial charge is 0.125 e. The number of hydrogen-bond donors (Lipinski definition) is 1. The molecule has 2 fully saturated rings. The number of halogens is 1. The van der Waals surface area contributed by atoms with Gasteiger partial charge in [-0.3, -0.25) is 0 Å². The maximum atomic E-state index is 13.4. The van der Waals surface area contributed by atoms with Crippen LogP contribution < -0.4 is 5.73 Å². The number of fused-ring (bicyclic) bond motifs is 1. The summed E-state index contributed by atoms with van der Waals surface area (Å²) in [5.74, 6) is -0.161. The first-order valence-electron chi connectivity index (χ1n) is 6.27. The second-order valence-corrected chi connectivity index (χ2v) is 5.49. The quantitative estimate of drug-likeness (QED) is 0.844. The van der Waals surface area contributed by atoms with E-state index >= 15 is 0 Å². The number of benzene rings is 1. The molecule has 1 aromatic carbocycles. The van der Waals surface area contributed by atoms with Crippen LogP contribution in [0.2, 0.25) is 0 Å². The first-order chi connectivity index (χ1) is 8.17. The Kier molecular flexibility index (Phi) is 1.65. The molecule has 4 rings (SSSR count). The Balaban J connectivity index is 2.02. The third kappa shape index (κ3) is 1.35. The van der Waals surface area contributed by atoms with E-state index in [9.17, 15) is 4.39 Å². The summed E-state index contributed by atoms with van der Waals surface area (Å²) < 4.78 is 15.7. The Labute approximate surface area is 99.2 Å². The van der Waals surface area contributed by atoms with Crippen LogP contribution >= 0.6 is 0 Å². The van der Waals surface area contributed by atoms with Gasteiger partial charge in [-0.2, -0.15) is 0 Å². The number of nitrogens with two attached hydrogens (primary N) is 1. The van der Waals surface area contributed by atoms with Crippen LogP contribution in [0.1, 0.15) is 37.4 Å². The van der Waals surface area contributed by atoms with Gasteiger partial charge in [-0.25, -0.2) is 4.39 Å². The van der Waals surface area contributed by atoms with Gasteiger partial charge in [-0.15, -0.1) is 0 Å². The summed E-state index contributed by atoms with van der Waals surface area (Å²) in [7, 11) is 0. The highest BCUT2D eigenvalue weighted by molar-refractivity contribution is 5.82. The highest BCUT2D eigenvalue weighted by Crippen LogP contribution is 2.49. The van der Waals surface area contributed by atoms with Gasteiger partial charge in [-0.05, 0) is 49.9 Å². The molecule has 0 radical (unpaired) electrons. The summed E-state index contributed by atoms with van der Waals surface area (Å²) in [5.41, 5.74) is 8.40. The lowest BCUT2D eigenvalue weighted by Crippen LogP contribution is -2.22. The van der Waals surface area contributed by atoms with Gasteiger partial charge in [0.25, 0.3) is 0 Å². The van der Waals surface area contributed by atoms with Crippen molar-refractivity contribution in [2.75, 3.05) is 0 Å². The molecule has 1 aromatic heterocycles. The second kappa shape index (κ2) is 2.91. The molecule has 88 valence electrons. The maximum absolute atomic E-state index is 13.4. The predicted molar refractivity (Wildman–Crippen MR) is 65.3 cm³/mol. The summed E-state index contributed by atoms with van der Waals surface area (Å²) in [4.78, 5) is 0. The molecule has 3 heteroatoms. The Hall–Kier alpha value is -1.35. The lowest BCUT2D eigenvalue weighted by Gasteiger charge is -2.14. The molecule has 1 heterocycles. The van der Waals surface area contributed by atoms with Crippen LogP contribution in [-0.4, -0.2) is 4.57 Å². The highest BCUT2D eigenvalue weighted by Gasteiger charge is 2.44.